The molecule has 0 aromatic heterocycles. The lowest BCUT2D eigenvalue weighted by Gasteiger charge is -2.20. The largest absolute Gasteiger partial charge is 0.481 e. The monoisotopic (exact) mass is 422 g/mol. The summed E-state index contributed by atoms with van der Waals surface area (Å²) in [4.78, 5) is 57.4. The number of hydrogen-bond acceptors (Lipinski definition) is 8. The molecule has 0 bridgehead atoms. The second-order valence-electron chi connectivity index (χ2n) is 5.74. The van der Waals surface area contributed by atoms with Gasteiger partial charge in [0, 0.05) is 6.42 Å². The lowest BCUT2D eigenvalue weighted by molar-refractivity contribution is -0.143. The average Bonchev–Trinajstić information content (AvgIpc) is 2.64. The lowest BCUT2D eigenvalue weighted by atomic mass is 10.1. The fraction of sp³-hybridized carbons (Fsp3) is 0.667. The first-order valence-corrected chi connectivity index (χ1v) is 9.69. The number of thioether (sulfide) groups is 1. The normalized spacial score (nSPS) is 13.7. The highest BCUT2D eigenvalue weighted by molar-refractivity contribution is 7.98. The van der Waals surface area contributed by atoms with E-state index in [1.807, 2.05) is 0 Å². The molecule has 0 aromatic rings. The van der Waals surface area contributed by atoms with E-state index in [1.54, 1.807) is 6.26 Å². The smallest absolute Gasteiger partial charge is 0.326 e. The van der Waals surface area contributed by atoms with Gasteiger partial charge in [-0.3, -0.25) is 19.2 Å². The Bertz CT molecular complexity index is 574. The number of carbonyl (C=O) groups excluding carboxylic acids is 3. The van der Waals surface area contributed by atoms with Gasteiger partial charge in [0.1, 0.15) is 18.1 Å². The van der Waals surface area contributed by atoms with Crippen LogP contribution < -0.4 is 21.7 Å². The Labute approximate surface area is 165 Å². The highest BCUT2D eigenvalue weighted by atomic mass is 32.2. The Hall–Kier alpha value is -2.38. The summed E-state index contributed by atoms with van der Waals surface area (Å²) >= 11 is 1.43. The third-order valence-corrected chi connectivity index (χ3v) is 4.12. The zero-order chi connectivity index (χ0) is 21.7. The molecule has 0 aliphatic heterocycles. The molecular weight excluding hydrogens is 396 g/mol. The van der Waals surface area contributed by atoms with Gasteiger partial charge in [-0.15, -0.1) is 0 Å². The number of aliphatic carboxylic acids is 2. The van der Waals surface area contributed by atoms with Crippen LogP contribution in [-0.2, 0) is 24.0 Å². The molecule has 0 aromatic carbocycles. The van der Waals surface area contributed by atoms with Gasteiger partial charge in [-0.05, 0) is 24.9 Å². The molecule has 0 saturated carbocycles. The number of aliphatic hydroxyl groups excluding tert-OH is 1. The van der Waals surface area contributed by atoms with Crippen LogP contribution in [0.5, 0.6) is 0 Å². The lowest BCUT2D eigenvalue weighted by Crippen LogP contribution is -2.54. The van der Waals surface area contributed by atoms with Crippen LogP contribution in [0.3, 0.4) is 0 Å². The first-order valence-electron chi connectivity index (χ1n) is 8.29. The van der Waals surface area contributed by atoms with Gasteiger partial charge in [-0.25, -0.2) is 4.79 Å². The van der Waals surface area contributed by atoms with Gasteiger partial charge in [0.05, 0.1) is 13.2 Å². The number of carbonyl (C=O) groups is 5. The molecule has 8 N–H and O–H groups in total. The third kappa shape index (κ3) is 10.7. The van der Waals surface area contributed by atoms with Crippen molar-refractivity contribution in [3.8, 4) is 0 Å². The predicted octanol–water partition coefficient (Wildman–Crippen LogP) is -2.91. The zero-order valence-electron chi connectivity index (χ0n) is 15.3. The number of amides is 3. The van der Waals surface area contributed by atoms with Gasteiger partial charge in [0.25, 0.3) is 0 Å². The quantitative estimate of drug-likeness (QED) is 0.152. The van der Waals surface area contributed by atoms with Crippen LogP contribution in [0, 0.1) is 0 Å². The Morgan fingerprint density at radius 3 is 2.14 bits per heavy atom. The van der Waals surface area contributed by atoms with E-state index in [4.69, 9.17) is 21.1 Å². The molecule has 0 radical (unpaired) electrons. The van der Waals surface area contributed by atoms with Crippen molar-refractivity contribution in [2.24, 2.45) is 5.73 Å². The molecular formula is C15H26N4O8S. The summed E-state index contributed by atoms with van der Waals surface area (Å²) in [6.45, 7) is -1.16. The second kappa shape index (κ2) is 13.7. The van der Waals surface area contributed by atoms with E-state index in [9.17, 15) is 24.0 Å². The van der Waals surface area contributed by atoms with Crippen molar-refractivity contribution >= 4 is 41.4 Å². The summed E-state index contributed by atoms with van der Waals surface area (Å²) in [5, 5.41) is 33.2. The minimum absolute atomic E-state index is 0.245. The molecule has 0 fully saturated rings. The van der Waals surface area contributed by atoms with Crippen LogP contribution in [0.15, 0.2) is 0 Å². The summed E-state index contributed by atoms with van der Waals surface area (Å²) in [6, 6.07) is -3.60. The SMILES string of the molecule is CSCCC(NC(=O)C(N)CO)C(=O)NCC(=O)NC(CCC(=O)O)C(=O)O. The Morgan fingerprint density at radius 2 is 1.64 bits per heavy atom. The molecule has 3 atom stereocenters. The van der Waals surface area contributed by atoms with Crippen LogP contribution in [0.25, 0.3) is 0 Å². The molecule has 0 aliphatic carbocycles. The van der Waals surface area contributed by atoms with Crippen LogP contribution >= 0.6 is 11.8 Å². The van der Waals surface area contributed by atoms with E-state index < -0.39 is 67.4 Å². The Kier molecular flexibility index (Phi) is 12.6. The first-order chi connectivity index (χ1) is 13.1. The molecule has 160 valence electrons. The average molecular weight is 422 g/mol. The standard InChI is InChI=1S/C15H26N4O8S/c1-28-5-4-9(19-13(24)8(16)7-20)14(25)17-6-11(21)18-10(15(26)27)2-3-12(22)23/h8-10,20H,2-7,16H2,1H3,(H,17,25)(H,18,21)(H,19,24)(H,22,23)(H,26,27). The molecule has 3 amide bonds. The van der Waals surface area contributed by atoms with Gasteiger partial charge in [0.15, 0.2) is 0 Å². The maximum Gasteiger partial charge on any atom is 0.326 e. The molecule has 0 saturated heterocycles. The summed E-state index contributed by atoms with van der Waals surface area (Å²) in [7, 11) is 0. The first kappa shape index (κ1) is 25.6. The topological polar surface area (TPSA) is 208 Å². The maximum atomic E-state index is 12.2. The van der Waals surface area contributed by atoms with E-state index in [-0.39, 0.29) is 12.8 Å². The Balaban J connectivity index is 4.71. The second-order valence-corrected chi connectivity index (χ2v) is 6.73. The molecule has 3 unspecified atom stereocenters. The van der Waals surface area contributed by atoms with E-state index in [0.717, 1.165) is 0 Å². The van der Waals surface area contributed by atoms with Gasteiger partial charge >= 0.3 is 11.9 Å². The minimum Gasteiger partial charge on any atom is -0.481 e. The summed E-state index contributed by atoms with van der Waals surface area (Å²) in [5.74, 6) is -4.32. The van der Waals surface area contributed by atoms with Gasteiger partial charge in [-0.2, -0.15) is 11.8 Å². The highest BCUT2D eigenvalue weighted by Crippen LogP contribution is 2.02. The number of carboxylic acids is 2. The maximum absolute atomic E-state index is 12.2. The molecule has 12 nitrogen and oxygen atoms in total. The summed E-state index contributed by atoms with van der Waals surface area (Å²) in [5.41, 5.74) is 5.39. The van der Waals surface area contributed by atoms with Gasteiger partial charge < -0.3 is 37.0 Å². The van der Waals surface area contributed by atoms with E-state index in [0.29, 0.717) is 5.75 Å². The van der Waals surface area contributed by atoms with E-state index >= 15 is 0 Å². The Morgan fingerprint density at radius 1 is 1.00 bits per heavy atom. The van der Waals surface area contributed by atoms with Crippen molar-refractivity contribution in [1.29, 1.82) is 0 Å². The molecule has 0 spiro atoms. The minimum atomic E-state index is -1.41. The van der Waals surface area contributed by atoms with E-state index in [2.05, 4.69) is 16.0 Å². The zero-order valence-corrected chi connectivity index (χ0v) is 16.2. The van der Waals surface area contributed by atoms with Crippen molar-refractivity contribution < 1.29 is 39.3 Å². The fourth-order valence-corrected chi connectivity index (χ4v) is 2.40. The van der Waals surface area contributed by atoms with Crippen molar-refractivity contribution in [2.75, 3.05) is 25.2 Å². The van der Waals surface area contributed by atoms with Crippen molar-refractivity contribution in [2.45, 2.75) is 37.4 Å². The van der Waals surface area contributed by atoms with Crippen LogP contribution in [0.4, 0.5) is 0 Å². The number of hydrogen-bond donors (Lipinski definition) is 7. The number of carboxylic acid groups (broad SMARTS) is 2. The molecule has 0 aliphatic rings. The summed E-state index contributed by atoms with van der Waals surface area (Å²) < 4.78 is 0. The molecule has 28 heavy (non-hydrogen) atoms. The number of aliphatic hydroxyl groups is 1. The van der Waals surface area contributed by atoms with Crippen LogP contribution in [0.1, 0.15) is 19.3 Å². The van der Waals surface area contributed by atoms with Crippen molar-refractivity contribution in [3.05, 3.63) is 0 Å². The highest BCUT2D eigenvalue weighted by Gasteiger charge is 2.25. The van der Waals surface area contributed by atoms with Gasteiger partial charge in [-0.1, -0.05) is 0 Å². The molecule has 13 heteroatoms. The predicted molar refractivity (Wildman–Crippen MR) is 99.4 cm³/mol. The van der Waals surface area contributed by atoms with Crippen LogP contribution in [-0.4, -0.2) is 88.3 Å². The van der Waals surface area contributed by atoms with Crippen molar-refractivity contribution in [3.63, 3.8) is 0 Å². The van der Waals surface area contributed by atoms with Crippen LogP contribution in [0.2, 0.25) is 0 Å². The van der Waals surface area contributed by atoms with Crippen molar-refractivity contribution in [1.82, 2.24) is 16.0 Å². The van der Waals surface area contributed by atoms with E-state index in [1.165, 1.54) is 11.8 Å². The summed E-state index contributed by atoms with van der Waals surface area (Å²) in [6.07, 6.45) is 1.29. The number of nitrogens with one attached hydrogen (secondary N) is 3. The molecule has 0 heterocycles. The fourth-order valence-electron chi connectivity index (χ4n) is 1.93. The van der Waals surface area contributed by atoms with Gasteiger partial charge in [0.2, 0.25) is 17.7 Å². The number of rotatable bonds is 14. The third-order valence-electron chi connectivity index (χ3n) is 3.48. The number of nitrogens with two attached hydrogens (primary N) is 1. The molecule has 0 rings (SSSR count).